The lowest BCUT2D eigenvalue weighted by Crippen LogP contribution is -2.06. The van der Waals surface area contributed by atoms with Crippen LogP contribution < -0.4 is 0 Å². The van der Waals surface area contributed by atoms with E-state index in [0.29, 0.717) is 35.2 Å². The van der Waals surface area contributed by atoms with Gasteiger partial charge in [-0.05, 0) is 47.5 Å². The molecular formula is C58H34N8S2. The quantitative estimate of drug-likeness (QED) is 0.158. The first-order valence-electron chi connectivity index (χ1n) is 22.4. The van der Waals surface area contributed by atoms with Gasteiger partial charge in [-0.2, -0.15) is 19.9 Å². The van der Waals surface area contributed by atoms with Crippen molar-refractivity contribution in [3.05, 3.63) is 206 Å². The smallest absolute Gasteiger partial charge is 0.239 e. The average molecular weight is 907 g/mol. The Bertz CT molecular complexity index is 3860. The summed E-state index contributed by atoms with van der Waals surface area (Å²) in [4.78, 5) is 33.0. The zero-order valence-electron chi connectivity index (χ0n) is 36.0. The predicted octanol–water partition coefficient (Wildman–Crippen LogP) is 15.0. The second-order valence-corrected chi connectivity index (χ2v) is 18.8. The van der Waals surface area contributed by atoms with Crippen LogP contribution in [-0.4, -0.2) is 39.0 Å². The maximum Gasteiger partial charge on any atom is 0.239 e. The van der Waals surface area contributed by atoms with Crippen molar-refractivity contribution in [1.29, 1.82) is 0 Å². The molecule has 10 heteroatoms. The number of rotatable bonds is 7. The largest absolute Gasteiger partial charge is 0.269 e. The summed E-state index contributed by atoms with van der Waals surface area (Å²) in [5.74, 6) is 3.66. The van der Waals surface area contributed by atoms with E-state index < -0.39 is 0 Å². The van der Waals surface area contributed by atoms with Crippen molar-refractivity contribution in [1.82, 2.24) is 39.0 Å². The zero-order valence-corrected chi connectivity index (χ0v) is 37.7. The molecule has 0 radical (unpaired) electrons. The monoisotopic (exact) mass is 906 g/mol. The Morgan fingerprint density at radius 3 is 0.956 bits per heavy atom. The van der Waals surface area contributed by atoms with Crippen LogP contribution in [0.2, 0.25) is 0 Å². The van der Waals surface area contributed by atoms with Crippen molar-refractivity contribution in [3.63, 3.8) is 0 Å². The second kappa shape index (κ2) is 15.5. The minimum atomic E-state index is 0.579. The van der Waals surface area contributed by atoms with Crippen LogP contribution in [0.1, 0.15) is 0 Å². The number of thiophene rings is 2. The Kier molecular flexibility index (Phi) is 8.76. The summed E-state index contributed by atoms with van der Waals surface area (Å²) in [5.41, 5.74) is 8.00. The van der Waals surface area contributed by atoms with Crippen LogP contribution >= 0.6 is 22.7 Å². The summed E-state index contributed by atoms with van der Waals surface area (Å²) in [5, 5.41) is 7.04. The highest BCUT2D eigenvalue weighted by molar-refractivity contribution is 7.26. The first kappa shape index (κ1) is 38.6. The van der Waals surface area contributed by atoms with E-state index in [2.05, 4.69) is 143 Å². The van der Waals surface area contributed by atoms with Crippen molar-refractivity contribution >= 4 is 85.1 Å². The molecule has 0 unspecified atom stereocenters. The van der Waals surface area contributed by atoms with Crippen LogP contribution in [0.4, 0.5) is 0 Å². The van der Waals surface area contributed by atoms with E-state index in [-0.39, 0.29) is 0 Å². The minimum Gasteiger partial charge on any atom is -0.269 e. The summed E-state index contributed by atoms with van der Waals surface area (Å²) < 4.78 is 6.87. The molecule has 0 N–H and O–H groups in total. The highest BCUT2D eigenvalue weighted by Crippen LogP contribution is 2.46. The van der Waals surface area contributed by atoms with E-state index in [1.165, 1.54) is 30.9 Å². The molecule has 6 heterocycles. The number of fused-ring (bicyclic) bond motifs is 10. The first-order valence-corrected chi connectivity index (χ1v) is 24.0. The van der Waals surface area contributed by atoms with Gasteiger partial charge in [-0.25, -0.2) is 9.97 Å². The van der Waals surface area contributed by atoms with Gasteiger partial charge in [-0.3, -0.25) is 9.13 Å². The normalized spacial score (nSPS) is 11.8. The van der Waals surface area contributed by atoms with E-state index in [9.17, 15) is 0 Å². The van der Waals surface area contributed by atoms with Crippen LogP contribution in [0, 0.1) is 0 Å². The molecule has 0 saturated heterocycles. The van der Waals surface area contributed by atoms with Crippen LogP contribution in [0.3, 0.4) is 0 Å². The Morgan fingerprint density at radius 2 is 0.603 bits per heavy atom. The van der Waals surface area contributed by atoms with E-state index >= 15 is 0 Å². The van der Waals surface area contributed by atoms with Crippen LogP contribution in [-0.2, 0) is 0 Å². The van der Waals surface area contributed by atoms with Gasteiger partial charge in [0, 0.05) is 64.0 Å². The Labute approximate surface area is 396 Å². The standard InChI is InChI=1S/C58H34N8S2/c1-5-17-35(18-6-1)51-59-52(36-19-7-2-8-20-36)62-57(61-51)65-45-31-29-39(33-43(45)49-41-25-13-15-27-47(41)67-55(49)65)40-30-32-46-44(34-40)50-42-26-14-16-28-48(42)68-56(50)66(46)58-63-53(37-21-9-3-10-22-37)60-54(64-58)38-23-11-4-12-24-38/h1-34H. The van der Waals surface area contributed by atoms with E-state index in [4.69, 9.17) is 29.9 Å². The summed E-state index contributed by atoms with van der Waals surface area (Å²) in [6, 6.07) is 71.5. The number of benzene rings is 8. The molecule has 8 aromatic carbocycles. The third-order valence-corrected chi connectivity index (χ3v) is 15.0. The molecule has 14 rings (SSSR count). The molecule has 0 saturated carbocycles. The highest BCUT2D eigenvalue weighted by atomic mass is 32.1. The fourth-order valence-corrected chi connectivity index (χ4v) is 12.0. The van der Waals surface area contributed by atoms with E-state index in [0.717, 1.165) is 64.8 Å². The van der Waals surface area contributed by atoms with Crippen molar-refractivity contribution in [2.24, 2.45) is 0 Å². The van der Waals surface area contributed by atoms with Gasteiger partial charge in [0.25, 0.3) is 0 Å². The molecule has 0 aliphatic carbocycles. The number of aromatic nitrogens is 8. The van der Waals surface area contributed by atoms with Crippen molar-refractivity contribution < 1.29 is 0 Å². The fraction of sp³-hybridized carbons (Fsp3) is 0. The lowest BCUT2D eigenvalue weighted by atomic mass is 10.00. The predicted molar refractivity (Wildman–Crippen MR) is 280 cm³/mol. The van der Waals surface area contributed by atoms with Crippen LogP contribution in [0.15, 0.2) is 206 Å². The molecule has 0 bridgehead atoms. The third-order valence-electron chi connectivity index (χ3n) is 12.7. The molecule has 0 aliphatic rings. The average Bonchev–Trinajstić information content (AvgIpc) is 4.15. The number of hydrogen-bond acceptors (Lipinski definition) is 8. The van der Waals surface area contributed by atoms with E-state index in [1.807, 2.05) is 72.8 Å². The molecule has 0 spiro atoms. The van der Waals surface area contributed by atoms with Crippen LogP contribution in [0.5, 0.6) is 0 Å². The lowest BCUT2D eigenvalue weighted by Gasteiger charge is -2.11. The van der Waals surface area contributed by atoms with Crippen molar-refractivity contribution in [2.45, 2.75) is 0 Å². The molecule has 0 atom stereocenters. The molecule has 0 fully saturated rings. The molecule has 8 nitrogen and oxygen atoms in total. The van der Waals surface area contributed by atoms with Crippen molar-refractivity contribution in [2.75, 3.05) is 0 Å². The highest BCUT2D eigenvalue weighted by Gasteiger charge is 2.24. The van der Waals surface area contributed by atoms with Gasteiger partial charge in [0.05, 0.1) is 11.0 Å². The van der Waals surface area contributed by atoms with Gasteiger partial charge in [0.1, 0.15) is 9.66 Å². The SMILES string of the molecule is c1ccc(-c2nc(-c3ccccc3)nc(-n3c4ccc(-c5ccc6c(c5)c5c7ccccc7sc5n6-c5nc(-c6ccccc6)nc(-c6ccccc6)n5)cc4c4c5ccccc5sc43)n2)cc1. The van der Waals surface area contributed by atoms with Gasteiger partial charge in [-0.15, -0.1) is 22.7 Å². The van der Waals surface area contributed by atoms with Gasteiger partial charge >= 0.3 is 0 Å². The zero-order chi connectivity index (χ0) is 44.7. The summed E-state index contributed by atoms with van der Waals surface area (Å²) in [7, 11) is 0. The summed E-state index contributed by atoms with van der Waals surface area (Å²) in [6.07, 6.45) is 0. The topological polar surface area (TPSA) is 87.2 Å². The Hall–Kier alpha value is -8.70. The van der Waals surface area contributed by atoms with Gasteiger partial charge in [0.15, 0.2) is 23.3 Å². The van der Waals surface area contributed by atoms with Gasteiger partial charge < -0.3 is 0 Å². The Balaban J connectivity index is 0.989. The number of hydrogen-bond donors (Lipinski definition) is 0. The summed E-state index contributed by atoms with van der Waals surface area (Å²) >= 11 is 3.53. The van der Waals surface area contributed by atoms with Crippen molar-refractivity contribution in [3.8, 4) is 68.6 Å². The minimum absolute atomic E-state index is 0.579. The molecule has 0 amide bonds. The molecule has 0 aliphatic heterocycles. The molecule has 6 aromatic heterocycles. The fourth-order valence-electron chi connectivity index (χ4n) is 9.53. The Morgan fingerprint density at radius 1 is 0.279 bits per heavy atom. The molecule has 318 valence electrons. The van der Waals surface area contributed by atoms with Gasteiger partial charge in [-0.1, -0.05) is 170 Å². The second-order valence-electron chi connectivity index (χ2n) is 16.7. The summed E-state index contributed by atoms with van der Waals surface area (Å²) in [6.45, 7) is 0. The van der Waals surface area contributed by atoms with Crippen LogP contribution in [0.25, 0.3) is 131 Å². The van der Waals surface area contributed by atoms with Gasteiger partial charge in [0.2, 0.25) is 11.9 Å². The molecule has 68 heavy (non-hydrogen) atoms. The maximum absolute atomic E-state index is 5.21. The third kappa shape index (κ3) is 6.19. The molecular weight excluding hydrogens is 873 g/mol. The van der Waals surface area contributed by atoms with E-state index in [1.54, 1.807) is 22.7 Å². The number of nitrogens with zero attached hydrogens (tertiary/aromatic N) is 8. The maximum atomic E-state index is 5.21. The molecule has 14 aromatic rings. The first-order chi connectivity index (χ1) is 33.7. The lowest BCUT2D eigenvalue weighted by molar-refractivity contribution is 0.957.